The molecular weight excluding hydrogens is 431 g/mol. The molecule has 2 N–H and O–H groups in total. The van der Waals surface area contributed by atoms with Gasteiger partial charge in [-0.25, -0.2) is 0 Å². The van der Waals surface area contributed by atoms with Gasteiger partial charge in [0.2, 0.25) is 5.91 Å². The molecule has 1 atom stereocenters. The zero-order valence-corrected chi connectivity index (χ0v) is 20.0. The minimum absolute atomic E-state index is 0. The maximum Gasteiger partial charge on any atom is 0.224 e. The van der Waals surface area contributed by atoms with Gasteiger partial charge in [0.15, 0.2) is 0 Å². The predicted molar refractivity (Wildman–Crippen MR) is 129 cm³/mol. The summed E-state index contributed by atoms with van der Waals surface area (Å²) in [7, 11) is 2.18. The molecule has 0 spiro atoms. The van der Waals surface area contributed by atoms with Crippen LogP contribution in [-0.2, 0) is 11.3 Å². The van der Waals surface area contributed by atoms with Crippen molar-refractivity contribution in [1.29, 1.82) is 0 Å². The largest absolute Gasteiger partial charge is 0.326 e. The summed E-state index contributed by atoms with van der Waals surface area (Å²) in [5.41, 5.74) is 2.21. The van der Waals surface area contributed by atoms with E-state index in [1.165, 1.54) is 18.4 Å². The van der Waals surface area contributed by atoms with Crippen molar-refractivity contribution in [2.45, 2.75) is 32.7 Å². The molecule has 168 valence electrons. The van der Waals surface area contributed by atoms with Crippen LogP contribution in [0, 0.1) is 11.8 Å². The van der Waals surface area contributed by atoms with Crippen LogP contribution in [0.1, 0.15) is 31.7 Å². The molecule has 2 saturated heterocycles. The molecule has 0 aromatic heterocycles. The molecule has 2 heterocycles. The molecule has 2 fully saturated rings. The third-order valence-electron chi connectivity index (χ3n) is 5.91. The monoisotopic (exact) mass is 466 g/mol. The Kier molecular flexibility index (Phi) is 14.2. The van der Waals surface area contributed by atoms with Crippen LogP contribution in [0.5, 0.6) is 0 Å². The van der Waals surface area contributed by atoms with Gasteiger partial charge in [0.05, 0.1) is 0 Å². The minimum atomic E-state index is 0. The van der Waals surface area contributed by atoms with E-state index in [2.05, 4.69) is 52.6 Å². The first-order valence-corrected chi connectivity index (χ1v) is 10.1. The summed E-state index contributed by atoms with van der Waals surface area (Å²) in [6.07, 6.45) is 3.00. The third kappa shape index (κ3) is 9.41. The summed E-state index contributed by atoms with van der Waals surface area (Å²) in [5.74, 6) is 1.27. The van der Waals surface area contributed by atoms with Crippen LogP contribution in [0.4, 0.5) is 5.69 Å². The maximum absolute atomic E-state index is 12.5. The zero-order chi connectivity index (χ0) is 18.4. The number of nitrogens with one attached hydrogen (secondary N) is 2. The van der Waals surface area contributed by atoms with E-state index >= 15 is 0 Å². The second-order valence-electron chi connectivity index (χ2n) is 8.10. The highest BCUT2D eigenvalue weighted by atomic mass is 35.5. The molecule has 0 saturated carbocycles. The molecule has 1 aromatic carbocycles. The van der Waals surface area contributed by atoms with Crippen molar-refractivity contribution in [3.63, 3.8) is 0 Å². The summed E-state index contributed by atoms with van der Waals surface area (Å²) in [6.45, 7) is 9.84. The van der Waals surface area contributed by atoms with E-state index in [4.69, 9.17) is 0 Å². The average Bonchev–Trinajstić information content (AvgIpc) is 2.64. The maximum atomic E-state index is 12.5. The van der Waals surface area contributed by atoms with Gasteiger partial charge in [-0.2, -0.15) is 0 Å². The highest BCUT2D eigenvalue weighted by Gasteiger charge is 2.22. The number of amides is 1. The summed E-state index contributed by atoms with van der Waals surface area (Å²) >= 11 is 0. The van der Waals surface area contributed by atoms with Gasteiger partial charge in [0, 0.05) is 44.8 Å². The van der Waals surface area contributed by atoms with Crippen molar-refractivity contribution < 1.29 is 4.79 Å². The molecule has 1 aromatic rings. The molecule has 0 aliphatic carbocycles. The number of nitrogens with zero attached hydrogens (tertiary/aromatic N) is 2. The van der Waals surface area contributed by atoms with Crippen molar-refractivity contribution >= 4 is 48.8 Å². The van der Waals surface area contributed by atoms with E-state index in [1.807, 2.05) is 6.07 Å². The van der Waals surface area contributed by atoms with E-state index < -0.39 is 0 Å². The van der Waals surface area contributed by atoms with Gasteiger partial charge in [0.1, 0.15) is 0 Å². The van der Waals surface area contributed by atoms with Crippen LogP contribution in [0.3, 0.4) is 0 Å². The highest BCUT2D eigenvalue weighted by Crippen LogP contribution is 2.25. The van der Waals surface area contributed by atoms with Crippen LogP contribution in [0.15, 0.2) is 24.3 Å². The topological polar surface area (TPSA) is 47.6 Å². The van der Waals surface area contributed by atoms with Gasteiger partial charge in [-0.3, -0.25) is 9.69 Å². The third-order valence-corrected chi connectivity index (χ3v) is 5.91. The molecule has 5 nitrogen and oxygen atoms in total. The van der Waals surface area contributed by atoms with Crippen molar-refractivity contribution in [1.82, 2.24) is 15.1 Å². The van der Waals surface area contributed by atoms with Gasteiger partial charge in [0.25, 0.3) is 0 Å². The first kappa shape index (κ1) is 28.4. The Hall–Kier alpha value is -0.560. The van der Waals surface area contributed by atoms with Gasteiger partial charge < -0.3 is 15.5 Å². The van der Waals surface area contributed by atoms with Gasteiger partial charge >= 0.3 is 0 Å². The fraction of sp³-hybridized carbons (Fsp3) is 0.667. The number of hydrogen-bond donors (Lipinski definition) is 2. The standard InChI is InChI=1S/C21H34N4O.3ClH/c1-17(19-6-8-22-9-7-19)14-21(26)23-20-5-3-4-18(15-20)16-25-12-10-24(2)11-13-25;;;/h3-5,15,17,19,22H,6-14,16H2,1-2H3,(H,23,26);3*1H. The molecule has 8 heteroatoms. The molecular formula is C21H37Cl3N4O. The van der Waals surface area contributed by atoms with Crippen LogP contribution in [-0.4, -0.2) is 62.0 Å². The Bertz CT molecular complexity index is 591. The van der Waals surface area contributed by atoms with E-state index in [9.17, 15) is 4.79 Å². The molecule has 3 rings (SSSR count). The van der Waals surface area contributed by atoms with Gasteiger partial charge in [-0.05, 0) is 62.5 Å². The molecule has 2 aliphatic rings. The van der Waals surface area contributed by atoms with E-state index in [0.717, 1.165) is 51.5 Å². The van der Waals surface area contributed by atoms with Crippen molar-refractivity contribution in [2.75, 3.05) is 51.6 Å². The Balaban J connectivity index is 0.00000261. The van der Waals surface area contributed by atoms with Gasteiger partial charge in [-0.15, -0.1) is 37.2 Å². The Morgan fingerprint density at radius 3 is 2.45 bits per heavy atom. The Labute approximate surface area is 194 Å². The molecule has 2 aliphatic heterocycles. The SMILES string of the molecule is CC(CC(=O)Nc1cccc(CN2CCN(C)CC2)c1)C1CCNCC1.Cl.Cl.Cl. The summed E-state index contributed by atoms with van der Waals surface area (Å²) in [5, 5.41) is 6.51. The second-order valence-corrected chi connectivity index (χ2v) is 8.10. The lowest BCUT2D eigenvalue weighted by Crippen LogP contribution is -2.43. The summed E-state index contributed by atoms with van der Waals surface area (Å²) in [4.78, 5) is 17.3. The first-order chi connectivity index (χ1) is 12.6. The van der Waals surface area contributed by atoms with Crippen LogP contribution in [0.2, 0.25) is 0 Å². The summed E-state index contributed by atoms with van der Waals surface area (Å²) in [6, 6.07) is 8.34. The van der Waals surface area contributed by atoms with E-state index in [-0.39, 0.29) is 43.1 Å². The van der Waals surface area contributed by atoms with Crippen molar-refractivity contribution in [3.8, 4) is 0 Å². The molecule has 1 amide bonds. The van der Waals surface area contributed by atoms with Crippen LogP contribution >= 0.6 is 37.2 Å². The lowest BCUT2D eigenvalue weighted by molar-refractivity contribution is -0.117. The average molecular weight is 468 g/mol. The smallest absolute Gasteiger partial charge is 0.224 e. The lowest BCUT2D eigenvalue weighted by atomic mass is 9.84. The van der Waals surface area contributed by atoms with Crippen LogP contribution in [0.25, 0.3) is 0 Å². The second kappa shape index (κ2) is 14.4. The number of carbonyl (C=O) groups is 1. The normalized spacial score (nSPS) is 19.2. The Morgan fingerprint density at radius 2 is 1.79 bits per heavy atom. The van der Waals surface area contributed by atoms with Crippen molar-refractivity contribution in [2.24, 2.45) is 11.8 Å². The van der Waals surface area contributed by atoms with Crippen molar-refractivity contribution in [3.05, 3.63) is 29.8 Å². The van der Waals surface area contributed by atoms with Crippen LogP contribution < -0.4 is 10.6 Å². The molecule has 0 bridgehead atoms. The number of piperidine rings is 1. The number of piperazine rings is 1. The molecule has 29 heavy (non-hydrogen) atoms. The summed E-state index contributed by atoms with van der Waals surface area (Å²) < 4.78 is 0. The fourth-order valence-electron chi connectivity index (χ4n) is 4.10. The Morgan fingerprint density at radius 1 is 1.14 bits per heavy atom. The number of hydrogen-bond acceptors (Lipinski definition) is 4. The highest BCUT2D eigenvalue weighted by molar-refractivity contribution is 5.90. The fourth-order valence-corrected chi connectivity index (χ4v) is 4.10. The molecule has 1 unspecified atom stereocenters. The number of anilines is 1. The number of carbonyl (C=O) groups excluding carboxylic acids is 1. The predicted octanol–water partition coefficient (Wildman–Crippen LogP) is 3.66. The van der Waals surface area contributed by atoms with E-state index in [1.54, 1.807) is 0 Å². The quantitative estimate of drug-likeness (QED) is 0.670. The molecule has 0 radical (unpaired) electrons. The number of halogens is 3. The zero-order valence-electron chi connectivity index (χ0n) is 17.6. The lowest BCUT2D eigenvalue weighted by Gasteiger charge is -2.32. The number of likely N-dealkylation sites (N-methyl/N-ethyl adjacent to an activating group) is 1. The first-order valence-electron chi connectivity index (χ1n) is 10.1. The number of rotatable bonds is 6. The minimum Gasteiger partial charge on any atom is -0.326 e. The van der Waals surface area contributed by atoms with Gasteiger partial charge in [-0.1, -0.05) is 19.1 Å². The number of benzene rings is 1. The van der Waals surface area contributed by atoms with E-state index in [0.29, 0.717) is 18.3 Å².